The highest BCUT2D eigenvalue weighted by Crippen LogP contribution is 2.40. The van der Waals surface area contributed by atoms with Gasteiger partial charge in [0, 0.05) is 15.4 Å². The fraction of sp³-hybridized carbons (Fsp3) is 0.667. The molecule has 0 amide bonds. The van der Waals surface area contributed by atoms with E-state index in [-0.39, 0.29) is 5.54 Å². The maximum Gasteiger partial charge on any atom is 0.0429 e. The van der Waals surface area contributed by atoms with E-state index in [1.165, 1.54) is 29.3 Å². The zero-order valence-corrected chi connectivity index (χ0v) is 11.5. The lowest BCUT2D eigenvalue weighted by molar-refractivity contribution is 0.378. The highest BCUT2D eigenvalue weighted by Gasteiger charge is 2.31. The normalized spacial score (nSPS) is 32.6. The maximum absolute atomic E-state index is 6.56. The molecule has 2 atom stereocenters. The smallest absolute Gasteiger partial charge is 0.0429 e. The van der Waals surface area contributed by atoms with Gasteiger partial charge in [-0.15, -0.1) is 0 Å². The predicted molar refractivity (Wildman–Crippen MR) is 70.1 cm³/mol. The lowest BCUT2D eigenvalue weighted by Gasteiger charge is -2.28. The quantitative estimate of drug-likeness (QED) is 0.767. The van der Waals surface area contributed by atoms with Crippen LogP contribution in [0.4, 0.5) is 0 Å². The Morgan fingerprint density at radius 3 is 2.87 bits per heavy atom. The van der Waals surface area contributed by atoms with Crippen molar-refractivity contribution in [3.8, 4) is 0 Å². The van der Waals surface area contributed by atoms with Crippen LogP contribution in [0.3, 0.4) is 0 Å². The van der Waals surface area contributed by atoms with Crippen LogP contribution in [0, 0.1) is 5.92 Å². The highest BCUT2D eigenvalue weighted by molar-refractivity contribution is 9.10. The standard InChI is InChI=1S/C12H18BrNS/c1-9-3-2-5-12(14,6-4-9)10-7-15-8-11(10)13/h7-9H,2-6,14H2,1H3. The number of thiophene rings is 1. The molecule has 15 heavy (non-hydrogen) atoms. The van der Waals surface area contributed by atoms with Gasteiger partial charge in [0.25, 0.3) is 0 Å². The van der Waals surface area contributed by atoms with Gasteiger partial charge >= 0.3 is 0 Å². The number of halogens is 1. The maximum atomic E-state index is 6.56. The minimum Gasteiger partial charge on any atom is -0.321 e. The van der Waals surface area contributed by atoms with Crippen molar-refractivity contribution in [2.24, 2.45) is 11.7 Å². The first-order chi connectivity index (χ1) is 7.12. The Kier molecular flexibility index (Phi) is 3.53. The van der Waals surface area contributed by atoms with Gasteiger partial charge in [-0.05, 0) is 52.1 Å². The molecule has 1 aliphatic carbocycles. The molecule has 1 heterocycles. The van der Waals surface area contributed by atoms with E-state index in [0.717, 1.165) is 18.8 Å². The van der Waals surface area contributed by atoms with Gasteiger partial charge in [0.15, 0.2) is 0 Å². The van der Waals surface area contributed by atoms with Crippen LogP contribution in [0.5, 0.6) is 0 Å². The SMILES string of the molecule is CC1CCCC(N)(c2cscc2Br)CC1. The minimum atomic E-state index is -0.0798. The first kappa shape index (κ1) is 11.6. The van der Waals surface area contributed by atoms with Crippen molar-refractivity contribution in [2.45, 2.75) is 44.6 Å². The Morgan fingerprint density at radius 2 is 2.20 bits per heavy atom. The molecule has 2 N–H and O–H groups in total. The molecule has 3 heteroatoms. The second-order valence-electron chi connectivity index (χ2n) is 4.83. The van der Waals surface area contributed by atoms with Crippen LogP contribution in [-0.4, -0.2) is 0 Å². The molecule has 1 saturated carbocycles. The molecule has 0 aliphatic heterocycles. The summed E-state index contributed by atoms with van der Waals surface area (Å²) in [6, 6.07) is 0. The van der Waals surface area contributed by atoms with E-state index in [4.69, 9.17) is 5.73 Å². The third kappa shape index (κ3) is 2.45. The van der Waals surface area contributed by atoms with Gasteiger partial charge in [-0.25, -0.2) is 0 Å². The molecular weight excluding hydrogens is 270 g/mol. The van der Waals surface area contributed by atoms with Crippen molar-refractivity contribution in [3.05, 3.63) is 20.8 Å². The van der Waals surface area contributed by atoms with Gasteiger partial charge in [-0.2, -0.15) is 11.3 Å². The number of hydrogen-bond donors (Lipinski definition) is 1. The zero-order chi connectivity index (χ0) is 10.9. The summed E-state index contributed by atoms with van der Waals surface area (Å²) in [6.07, 6.45) is 6.12. The van der Waals surface area contributed by atoms with Crippen molar-refractivity contribution in [1.82, 2.24) is 0 Å². The fourth-order valence-corrected chi connectivity index (χ4v) is 4.24. The van der Waals surface area contributed by atoms with Crippen molar-refractivity contribution in [2.75, 3.05) is 0 Å². The van der Waals surface area contributed by atoms with E-state index in [1.54, 1.807) is 11.3 Å². The zero-order valence-electron chi connectivity index (χ0n) is 9.13. The molecule has 0 radical (unpaired) electrons. The Bertz CT molecular complexity index is 336. The van der Waals surface area contributed by atoms with Crippen LogP contribution in [-0.2, 0) is 5.54 Å². The second kappa shape index (κ2) is 4.56. The molecule has 0 aromatic carbocycles. The topological polar surface area (TPSA) is 26.0 Å². The van der Waals surface area contributed by atoms with Gasteiger partial charge in [0.05, 0.1) is 0 Å². The Labute approximate surface area is 104 Å². The number of rotatable bonds is 1. The molecule has 0 bridgehead atoms. The Hall–Kier alpha value is 0.140. The fourth-order valence-electron chi connectivity index (χ4n) is 2.45. The molecule has 0 saturated heterocycles. The van der Waals surface area contributed by atoms with E-state index >= 15 is 0 Å². The molecule has 1 nitrogen and oxygen atoms in total. The van der Waals surface area contributed by atoms with E-state index in [9.17, 15) is 0 Å². The average molecular weight is 288 g/mol. The first-order valence-corrected chi connectivity index (χ1v) is 7.36. The minimum absolute atomic E-state index is 0.0798. The summed E-state index contributed by atoms with van der Waals surface area (Å²) in [7, 11) is 0. The number of hydrogen-bond acceptors (Lipinski definition) is 2. The van der Waals surface area contributed by atoms with Crippen molar-refractivity contribution < 1.29 is 0 Å². The molecule has 1 aliphatic rings. The summed E-state index contributed by atoms with van der Waals surface area (Å²) in [5.41, 5.74) is 7.81. The molecule has 2 unspecified atom stereocenters. The summed E-state index contributed by atoms with van der Waals surface area (Å²) >= 11 is 5.35. The monoisotopic (exact) mass is 287 g/mol. The largest absolute Gasteiger partial charge is 0.321 e. The second-order valence-corrected chi connectivity index (χ2v) is 6.42. The van der Waals surface area contributed by atoms with Gasteiger partial charge in [0.2, 0.25) is 0 Å². The lowest BCUT2D eigenvalue weighted by atomic mass is 9.85. The van der Waals surface area contributed by atoms with Gasteiger partial charge in [-0.1, -0.05) is 19.8 Å². The summed E-state index contributed by atoms with van der Waals surface area (Å²) in [5.74, 6) is 0.841. The summed E-state index contributed by atoms with van der Waals surface area (Å²) < 4.78 is 1.20. The molecule has 1 aromatic heterocycles. The highest BCUT2D eigenvalue weighted by atomic mass is 79.9. The molecule has 2 rings (SSSR count). The van der Waals surface area contributed by atoms with Crippen LogP contribution in [0.2, 0.25) is 0 Å². The molecule has 1 fully saturated rings. The van der Waals surface area contributed by atoms with Gasteiger partial charge in [0.1, 0.15) is 0 Å². The Morgan fingerprint density at radius 1 is 1.40 bits per heavy atom. The van der Waals surface area contributed by atoms with Crippen LogP contribution in [0.25, 0.3) is 0 Å². The van der Waals surface area contributed by atoms with Crippen molar-refractivity contribution in [3.63, 3.8) is 0 Å². The third-order valence-electron chi connectivity index (χ3n) is 3.55. The molecule has 0 spiro atoms. The molecule has 1 aromatic rings. The van der Waals surface area contributed by atoms with Crippen LogP contribution in [0.15, 0.2) is 15.2 Å². The van der Waals surface area contributed by atoms with Crippen LogP contribution in [0.1, 0.15) is 44.6 Å². The van der Waals surface area contributed by atoms with Crippen LogP contribution < -0.4 is 5.73 Å². The van der Waals surface area contributed by atoms with Crippen molar-refractivity contribution >= 4 is 27.3 Å². The summed E-state index contributed by atoms with van der Waals surface area (Å²) in [4.78, 5) is 0. The predicted octanol–water partition coefficient (Wildman–Crippen LogP) is 4.26. The average Bonchev–Trinajstić information content (AvgIpc) is 2.55. The van der Waals surface area contributed by atoms with E-state index < -0.39 is 0 Å². The molecular formula is C12H18BrNS. The number of nitrogens with two attached hydrogens (primary N) is 1. The van der Waals surface area contributed by atoms with E-state index in [2.05, 4.69) is 33.6 Å². The van der Waals surface area contributed by atoms with Gasteiger partial charge < -0.3 is 5.73 Å². The van der Waals surface area contributed by atoms with E-state index in [1.807, 2.05) is 0 Å². The summed E-state index contributed by atoms with van der Waals surface area (Å²) in [6.45, 7) is 2.34. The Balaban J connectivity index is 2.22. The summed E-state index contributed by atoms with van der Waals surface area (Å²) in [5, 5.41) is 4.35. The van der Waals surface area contributed by atoms with Gasteiger partial charge in [-0.3, -0.25) is 0 Å². The first-order valence-electron chi connectivity index (χ1n) is 5.63. The third-order valence-corrected chi connectivity index (χ3v) is 5.26. The lowest BCUT2D eigenvalue weighted by Crippen LogP contribution is -2.35. The van der Waals surface area contributed by atoms with E-state index in [0.29, 0.717) is 0 Å². The molecule has 84 valence electrons. The van der Waals surface area contributed by atoms with Crippen LogP contribution >= 0.6 is 27.3 Å². The van der Waals surface area contributed by atoms with Crippen molar-refractivity contribution in [1.29, 1.82) is 0 Å².